The van der Waals surface area contributed by atoms with Crippen LogP contribution in [0, 0.1) is 17.5 Å². The van der Waals surface area contributed by atoms with Crippen molar-refractivity contribution in [2.45, 2.75) is 13.0 Å². The van der Waals surface area contributed by atoms with Crippen molar-refractivity contribution in [2.24, 2.45) is 0 Å². The van der Waals surface area contributed by atoms with Gasteiger partial charge >= 0.3 is 5.97 Å². The first-order chi connectivity index (χ1) is 13.7. The maximum absolute atomic E-state index is 13.5. The first-order valence-corrected chi connectivity index (χ1v) is 8.20. The molecular weight excluding hydrogens is 393 g/mol. The lowest BCUT2D eigenvalue weighted by atomic mass is 10.1. The van der Waals surface area contributed by atoms with Crippen molar-refractivity contribution in [2.75, 3.05) is 11.9 Å². The average molecular weight is 408 g/mol. The molecule has 0 aliphatic rings. The summed E-state index contributed by atoms with van der Waals surface area (Å²) in [6, 6.07) is 6.96. The highest BCUT2D eigenvalue weighted by atomic mass is 19.2. The van der Waals surface area contributed by atoms with Crippen LogP contribution in [0.4, 0.5) is 18.9 Å². The van der Waals surface area contributed by atoms with Gasteiger partial charge in [-0.15, -0.1) is 0 Å². The Labute approximate surface area is 162 Å². The Balaban J connectivity index is 1.86. The number of benzene rings is 2. The van der Waals surface area contributed by atoms with Crippen LogP contribution < -0.4 is 10.6 Å². The van der Waals surface area contributed by atoms with Crippen molar-refractivity contribution in [1.82, 2.24) is 5.32 Å². The first-order valence-electron chi connectivity index (χ1n) is 8.20. The topological polar surface area (TPSA) is 102 Å². The molecule has 2 aromatic rings. The number of anilines is 1. The number of carbonyl (C=O) groups excluding carboxylic acids is 4. The van der Waals surface area contributed by atoms with E-state index in [1.807, 2.05) is 5.32 Å². The Hall–Kier alpha value is -3.69. The molecule has 0 fully saturated rings. The summed E-state index contributed by atoms with van der Waals surface area (Å²) >= 11 is 0. The lowest BCUT2D eigenvalue weighted by Gasteiger charge is -2.14. The van der Waals surface area contributed by atoms with Crippen LogP contribution >= 0.6 is 0 Å². The van der Waals surface area contributed by atoms with Gasteiger partial charge in [-0.2, -0.15) is 0 Å². The zero-order valence-corrected chi connectivity index (χ0v) is 15.0. The van der Waals surface area contributed by atoms with E-state index in [9.17, 15) is 32.3 Å². The van der Waals surface area contributed by atoms with E-state index in [4.69, 9.17) is 4.74 Å². The second kappa shape index (κ2) is 9.49. The van der Waals surface area contributed by atoms with Gasteiger partial charge in [-0.1, -0.05) is 12.1 Å². The third kappa shape index (κ3) is 5.64. The number of nitrogens with one attached hydrogen (secondary N) is 2. The summed E-state index contributed by atoms with van der Waals surface area (Å²) in [7, 11) is 0. The van der Waals surface area contributed by atoms with Gasteiger partial charge in [0.25, 0.3) is 5.91 Å². The molecule has 2 amide bonds. The van der Waals surface area contributed by atoms with Gasteiger partial charge in [-0.25, -0.2) is 18.0 Å². The molecule has 2 N–H and O–H groups in total. The van der Waals surface area contributed by atoms with Crippen LogP contribution in [0.2, 0.25) is 0 Å². The molecule has 0 spiro atoms. The van der Waals surface area contributed by atoms with Crippen LogP contribution in [0.1, 0.15) is 27.6 Å². The van der Waals surface area contributed by atoms with E-state index in [2.05, 4.69) is 5.32 Å². The van der Waals surface area contributed by atoms with Gasteiger partial charge in [-0.05, 0) is 31.2 Å². The van der Waals surface area contributed by atoms with Crippen molar-refractivity contribution >= 4 is 29.8 Å². The van der Waals surface area contributed by atoms with E-state index < -0.39 is 53.6 Å². The van der Waals surface area contributed by atoms with Gasteiger partial charge in [0.2, 0.25) is 5.91 Å². The van der Waals surface area contributed by atoms with Crippen molar-refractivity contribution in [3.63, 3.8) is 0 Å². The van der Waals surface area contributed by atoms with E-state index in [0.29, 0.717) is 17.9 Å². The SMILES string of the molecule is C[C@H](OC(=O)c1ccc(C=O)cc1)C(=O)NCC(=O)Nc1ccc(F)c(F)c1F. The van der Waals surface area contributed by atoms with Crippen LogP contribution in [0.25, 0.3) is 0 Å². The highest BCUT2D eigenvalue weighted by molar-refractivity contribution is 5.96. The molecule has 0 radical (unpaired) electrons. The van der Waals surface area contributed by atoms with Gasteiger partial charge in [0.15, 0.2) is 23.6 Å². The molecular formula is C19H15F3N2O5. The number of amides is 2. The Morgan fingerprint density at radius 3 is 2.31 bits per heavy atom. The molecule has 0 saturated carbocycles. The number of aldehydes is 1. The molecule has 10 heteroatoms. The Kier molecular flexibility index (Phi) is 7.07. The maximum Gasteiger partial charge on any atom is 0.338 e. The molecule has 0 bridgehead atoms. The largest absolute Gasteiger partial charge is 0.449 e. The summed E-state index contributed by atoms with van der Waals surface area (Å²) < 4.78 is 44.4. The standard InChI is InChI=1S/C19H15F3N2O5/c1-10(29-19(28)12-4-2-11(9-25)3-5-12)18(27)23-8-15(26)24-14-7-6-13(20)16(21)17(14)22/h2-7,9-10H,8H2,1H3,(H,23,27)(H,24,26)/t10-/m0/s1. The summed E-state index contributed by atoms with van der Waals surface area (Å²) in [5, 5.41) is 4.14. The first kappa shape index (κ1) is 21.6. The average Bonchev–Trinajstić information content (AvgIpc) is 2.72. The number of halogens is 3. The normalized spacial score (nSPS) is 11.3. The predicted octanol–water partition coefficient (Wildman–Crippen LogP) is 2.22. The van der Waals surface area contributed by atoms with Crippen LogP contribution in [-0.2, 0) is 14.3 Å². The van der Waals surface area contributed by atoms with Crippen molar-refractivity contribution in [1.29, 1.82) is 0 Å². The summed E-state index contributed by atoms with van der Waals surface area (Å²) in [4.78, 5) is 46.2. The molecule has 29 heavy (non-hydrogen) atoms. The third-order valence-electron chi connectivity index (χ3n) is 3.67. The molecule has 0 aromatic heterocycles. The molecule has 2 aromatic carbocycles. The number of carbonyl (C=O) groups is 4. The third-order valence-corrected chi connectivity index (χ3v) is 3.67. The van der Waals surface area contributed by atoms with Crippen LogP contribution in [0.5, 0.6) is 0 Å². The number of rotatable bonds is 7. The van der Waals surface area contributed by atoms with Crippen molar-refractivity contribution in [3.8, 4) is 0 Å². The molecule has 0 aliphatic carbocycles. The number of hydrogen-bond acceptors (Lipinski definition) is 5. The Morgan fingerprint density at radius 2 is 1.69 bits per heavy atom. The van der Waals surface area contributed by atoms with Crippen LogP contribution in [-0.4, -0.2) is 36.7 Å². The van der Waals surface area contributed by atoms with Gasteiger partial charge in [0.1, 0.15) is 6.29 Å². The minimum absolute atomic E-state index is 0.113. The fourth-order valence-corrected chi connectivity index (χ4v) is 2.11. The summed E-state index contributed by atoms with van der Waals surface area (Å²) in [5.41, 5.74) is -0.126. The van der Waals surface area contributed by atoms with Crippen LogP contribution in [0.15, 0.2) is 36.4 Å². The smallest absolute Gasteiger partial charge is 0.338 e. The highest BCUT2D eigenvalue weighted by Crippen LogP contribution is 2.19. The molecule has 0 unspecified atom stereocenters. The molecule has 0 heterocycles. The number of ether oxygens (including phenoxy) is 1. The van der Waals surface area contributed by atoms with Crippen LogP contribution in [0.3, 0.4) is 0 Å². The molecule has 1 atom stereocenters. The minimum Gasteiger partial charge on any atom is -0.449 e. The summed E-state index contributed by atoms with van der Waals surface area (Å²) in [6.07, 6.45) is -0.663. The molecule has 152 valence electrons. The lowest BCUT2D eigenvalue weighted by molar-refractivity contribution is -0.130. The summed E-state index contributed by atoms with van der Waals surface area (Å²) in [6.45, 7) is 0.632. The Morgan fingerprint density at radius 1 is 1.03 bits per heavy atom. The second-order valence-corrected chi connectivity index (χ2v) is 5.78. The zero-order chi connectivity index (χ0) is 21.6. The molecule has 0 saturated heterocycles. The number of hydrogen-bond donors (Lipinski definition) is 2. The van der Waals surface area contributed by atoms with E-state index in [1.54, 1.807) is 0 Å². The monoisotopic (exact) mass is 408 g/mol. The zero-order valence-electron chi connectivity index (χ0n) is 15.0. The second-order valence-electron chi connectivity index (χ2n) is 5.78. The number of esters is 1. The van der Waals surface area contributed by atoms with Crippen molar-refractivity contribution < 1.29 is 37.1 Å². The quantitative estimate of drug-likeness (QED) is 0.416. The van der Waals surface area contributed by atoms with Gasteiger partial charge in [-0.3, -0.25) is 14.4 Å². The van der Waals surface area contributed by atoms with Gasteiger partial charge < -0.3 is 15.4 Å². The lowest BCUT2D eigenvalue weighted by Crippen LogP contribution is -2.40. The van der Waals surface area contributed by atoms with Gasteiger partial charge in [0.05, 0.1) is 17.8 Å². The fourth-order valence-electron chi connectivity index (χ4n) is 2.11. The fraction of sp³-hybridized carbons (Fsp3) is 0.158. The van der Waals surface area contributed by atoms with E-state index in [-0.39, 0.29) is 5.56 Å². The van der Waals surface area contributed by atoms with Gasteiger partial charge in [0, 0.05) is 5.56 Å². The predicted molar refractivity (Wildman–Crippen MR) is 94.7 cm³/mol. The molecule has 7 nitrogen and oxygen atoms in total. The van der Waals surface area contributed by atoms with E-state index >= 15 is 0 Å². The van der Waals surface area contributed by atoms with E-state index in [1.165, 1.54) is 31.2 Å². The minimum atomic E-state index is -1.74. The van der Waals surface area contributed by atoms with E-state index in [0.717, 1.165) is 6.07 Å². The molecule has 0 aliphatic heterocycles. The molecule has 2 rings (SSSR count). The highest BCUT2D eigenvalue weighted by Gasteiger charge is 2.20. The maximum atomic E-state index is 13.5. The summed E-state index contributed by atoms with van der Waals surface area (Å²) in [5.74, 6) is -7.28. The Bertz CT molecular complexity index is 948. The van der Waals surface area contributed by atoms with Crippen molar-refractivity contribution in [3.05, 3.63) is 65.0 Å².